The van der Waals surface area contributed by atoms with Gasteiger partial charge in [-0.3, -0.25) is 4.79 Å². The Kier molecular flexibility index (Phi) is 6.73. The molecule has 3 rings (SSSR count). The summed E-state index contributed by atoms with van der Waals surface area (Å²) in [5.41, 5.74) is 7.60. The third-order valence-corrected chi connectivity index (χ3v) is 3.55. The number of nitrogens with two attached hydrogens (primary N) is 1. The van der Waals surface area contributed by atoms with E-state index in [-0.39, 0.29) is 6.10 Å². The number of primary amides is 1. The van der Waals surface area contributed by atoms with E-state index in [0.717, 1.165) is 16.7 Å². The molecule has 142 valence electrons. The Hall–Kier alpha value is -3.13. The number of H-pyrrole nitrogens is 1. The van der Waals surface area contributed by atoms with Gasteiger partial charge < -0.3 is 20.2 Å². The van der Waals surface area contributed by atoms with Crippen LogP contribution in [0, 0.1) is 6.92 Å². The van der Waals surface area contributed by atoms with Gasteiger partial charge >= 0.3 is 11.6 Å². The molecule has 1 amide bonds. The molecule has 7 nitrogen and oxygen atoms in total. The molecule has 27 heavy (non-hydrogen) atoms. The summed E-state index contributed by atoms with van der Waals surface area (Å²) >= 11 is -0.750. The Balaban J connectivity index is 0.000000817. The normalized spacial score (nSPS) is 10.2. The van der Waals surface area contributed by atoms with Gasteiger partial charge in [-0.15, -0.1) is 0 Å². The Bertz CT molecular complexity index is 974. The van der Waals surface area contributed by atoms with E-state index in [0.29, 0.717) is 17.2 Å². The van der Waals surface area contributed by atoms with E-state index >= 15 is 0 Å². The van der Waals surface area contributed by atoms with Crippen LogP contribution in [0.25, 0.3) is 10.9 Å². The zero-order chi connectivity index (χ0) is 20.0. The first-order valence-corrected chi connectivity index (χ1v) is 8.80. The van der Waals surface area contributed by atoms with Crippen molar-refractivity contribution in [2.45, 2.75) is 26.9 Å². The molecule has 3 aromatic rings. The van der Waals surface area contributed by atoms with Crippen molar-refractivity contribution >= 4 is 28.4 Å². The average Bonchev–Trinajstić information content (AvgIpc) is 3.02. The number of amides is 1. The van der Waals surface area contributed by atoms with Crippen molar-refractivity contribution in [3.63, 3.8) is 0 Å². The van der Waals surface area contributed by atoms with Crippen LogP contribution in [0.3, 0.4) is 0 Å². The molecule has 0 atom stereocenters. The maximum Gasteiger partial charge on any atom is 0.335 e. The summed E-state index contributed by atoms with van der Waals surface area (Å²) in [6.07, 6.45) is -0.0110. The molecule has 8 heteroatoms. The van der Waals surface area contributed by atoms with Gasteiger partial charge in [0.25, 0.3) is 5.91 Å². The lowest BCUT2D eigenvalue weighted by atomic mass is 10.2. The third-order valence-electron chi connectivity index (χ3n) is 3.55. The molecule has 0 unspecified atom stereocenters. The summed E-state index contributed by atoms with van der Waals surface area (Å²) in [7, 11) is 0. The van der Waals surface area contributed by atoms with Gasteiger partial charge in [0, 0.05) is 11.5 Å². The number of hydrogen-bond donors (Lipinski definition) is 2. The van der Waals surface area contributed by atoms with Crippen molar-refractivity contribution in [3.8, 4) is 17.2 Å². The Labute approximate surface area is 160 Å². The number of fused-ring (bicyclic) bond motifs is 1. The first kappa shape index (κ1) is 20.2. The zero-order valence-electron chi connectivity index (χ0n) is 15.1. The molecule has 2 aromatic carbocycles. The van der Waals surface area contributed by atoms with E-state index < -0.39 is 17.5 Å². The van der Waals surface area contributed by atoms with Gasteiger partial charge in [0.2, 0.25) is 0 Å². The van der Waals surface area contributed by atoms with E-state index in [2.05, 4.69) is 4.98 Å². The predicted molar refractivity (Wildman–Crippen MR) is 103 cm³/mol. The van der Waals surface area contributed by atoms with Gasteiger partial charge in [-0.2, -0.15) is 8.42 Å². The van der Waals surface area contributed by atoms with E-state index in [4.69, 9.17) is 23.6 Å². The molecular formula is C19H20N2O5S. The fourth-order valence-corrected chi connectivity index (χ4v) is 2.47. The second-order valence-electron chi connectivity index (χ2n) is 6.08. The number of rotatable bonds is 5. The molecule has 1 aromatic heterocycles. The van der Waals surface area contributed by atoms with Crippen molar-refractivity contribution in [1.82, 2.24) is 4.98 Å². The highest BCUT2D eigenvalue weighted by molar-refractivity contribution is 7.51. The van der Waals surface area contributed by atoms with Crippen LogP contribution >= 0.6 is 0 Å². The Morgan fingerprint density at radius 1 is 1.07 bits per heavy atom. The zero-order valence-corrected chi connectivity index (χ0v) is 16.0. The molecule has 0 spiro atoms. The van der Waals surface area contributed by atoms with Crippen LogP contribution in [0.2, 0.25) is 0 Å². The molecular weight excluding hydrogens is 368 g/mol. The standard InChI is InChI=1S/C19H20N2O3.O2S/c1-11(2)23-17-10-15(24-14-6-4-12(3)5-7-14)8-13-9-16(19(20)22)21-18(13)17;1-3-2/h4-11,21H,1-3H3,(H2,20,22);. The summed E-state index contributed by atoms with van der Waals surface area (Å²) in [6.45, 7) is 5.91. The van der Waals surface area contributed by atoms with Crippen LogP contribution in [-0.4, -0.2) is 25.4 Å². The SMILES string of the molecule is Cc1ccc(Oc2cc(OC(C)C)c3[nH]c(C(N)=O)cc3c2)cc1.O=S=O. The lowest BCUT2D eigenvalue weighted by Gasteiger charge is -2.13. The molecule has 3 N–H and O–H groups in total. The molecule has 0 bridgehead atoms. The lowest BCUT2D eigenvalue weighted by Crippen LogP contribution is -2.11. The molecule has 0 aliphatic heterocycles. The largest absolute Gasteiger partial charge is 0.489 e. The minimum Gasteiger partial charge on any atom is -0.489 e. The van der Waals surface area contributed by atoms with Crippen LogP contribution < -0.4 is 15.2 Å². The monoisotopic (exact) mass is 388 g/mol. The van der Waals surface area contributed by atoms with E-state index in [9.17, 15) is 4.79 Å². The second-order valence-corrected chi connectivity index (χ2v) is 6.22. The van der Waals surface area contributed by atoms with Gasteiger partial charge in [-0.25, -0.2) is 0 Å². The highest BCUT2D eigenvalue weighted by Gasteiger charge is 2.14. The fourth-order valence-electron chi connectivity index (χ4n) is 2.47. The lowest BCUT2D eigenvalue weighted by molar-refractivity contribution is 0.0996. The van der Waals surface area contributed by atoms with Crippen molar-refractivity contribution in [2.75, 3.05) is 0 Å². The Morgan fingerprint density at radius 2 is 1.70 bits per heavy atom. The van der Waals surface area contributed by atoms with Crippen molar-refractivity contribution < 1.29 is 22.7 Å². The van der Waals surface area contributed by atoms with E-state index in [1.807, 2.05) is 57.2 Å². The number of nitrogens with one attached hydrogen (secondary N) is 1. The summed E-state index contributed by atoms with van der Waals surface area (Å²) in [4.78, 5) is 14.4. The number of benzene rings is 2. The average molecular weight is 388 g/mol. The second kappa shape index (κ2) is 9.00. The van der Waals surface area contributed by atoms with Gasteiger partial charge in [0.15, 0.2) is 0 Å². The van der Waals surface area contributed by atoms with Crippen molar-refractivity contribution in [3.05, 3.63) is 53.7 Å². The van der Waals surface area contributed by atoms with Crippen molar-refractivity contribution in [2.24, 2.45) is 5.73 Å². The fraction of sp³-hybridized carbons (Fsp3) is 0.211. The van der Waals surface area contributed by atoms with Crippen LogP contribution in [0.4, 0.5) is 0 Å². The minimum atomic E-state index is -0.750. The predicted octanol–water partition coefficient (Wildman–Crippen LogP) is 3.48. The molecule has 0 saturated carbocycles. The molecule has 0 radical (unpaired) electrons. The number of aromatic amines is 1. The van der Waals surface area contributed by atoms with Crippen LogP contribution in [0.1, 0.15) is 29.9 Å². The highest BCUT2D eigenvalue weighted by Crippen LogP contribution is 2.34. The summed E-state index contributed by atoms with van der Waals surface area (Å²) in [5.74, 6) is 1.48. The topological polar surface area (TPSA) is 111 Å². The number of aryl methyl sites for hydroxylation is 1. The van der Waals surface area contributed by atoms with Crippen LogP contribution in [0.5, 0.6) is 17.2 Å². The summed E-state index contributed by atoms with van der Waals surface area (Å²) in [6, 6.07) is 13.2. The first-order chi connectivity index (χ1) is 12.8. The Morgan fingerprint density at radius 3 is 2.26 bits per heavy atom. The molecule has 0 aliphatic carbocycles. The quantitative estimate of drug-likeness (QED) is 0.695. The van der Waals surface area contributed by atoms with Crippen molar-refractivity contribution in [1.29, 1.82) is 0 Å². The molecule has 0 fully saturated rings. The number of ether oxygens (including phenoxy) is 2. The number of carbonyl (C=O) groups is 1. The van der Waals surface area contributed by atoms with Gasteiger partial charge in [0.05, 0.1) is 11.6 Å². The first-order valence-electron chi connectivity index (χ1n) is 8.13. The third kappa shape index (κ3) is 5.42. The van der Waals surface area contributed by atoms with Crippen LogP contribution in [0.15, 0.2) is 42.5 Å². The maximum atomic E-state index is 11.4. The number of hydrogen-bond acceptors (Lipinski definition) is 5. The summed E-state index contributed by atoms with van der Waals surface area (Å²) in [5, 5.41) is 0.809. The van der Waals surface area contributed by atoms with Gasteiger partial charge in [0.1, 0.15) is 22.9 Å². The molecule has 0 aliphatic rings. The smallest absolute Gasteiger partial charge is 0.335 e. The number of carbonyl (C=O) groups excluding carboxylic acids is 1. The minimum absolute atomic E-state index is 0.0110. The van der Waals surface area contributed by atoms with E-state index in [1.54, 1.807) is 6.07 Å². The van der Waals surface area contributed by atoms with Gasteiger partial charge in [-0.1, -0.05) is 17.7 Å². The summed E-state index contributed by atoms with van der Waals surface area (Å²) < 4.78 is 28.4. The van der Waals surface area contributed by atoms with E-state index in [1.165, 1.54) is 5.56 Å². The maximum absolute atomic E-state index is 11.4. The molecule has 0 saturated heterocycles. The molecule has 1 heterocycles. The van der Waals surface area contributed by atoms with Crippen LogP contribution in [-0.2, 0) is 11.6 Å². The number of aromatic nitrogens is 1. The highest BCUT2D eigenvalue weighted by atomic mass is 32.1. The van der Waals surface area contributed by atoms with Gasteiger partial charge in [-0.05, 0) is 45.0 Å².